The summed E-state index contributed by atoms with van der Waals surface area (Å²) in [5.41, 5.74) is 4.28. The summed E-state index contributed by atoms with van der Waals surface area (Å²) >= 11 is 0. The van der Waals surface area contributed by atoms with Gasteiger partial charge in [0.25, 0.3) is 5.56 Å². The first-order valence-electron chi connectivity index (χ1n) is 10.3. The maximum Gasteiger partial charge on any atom is 0.332 e. The Morgan fingerprint density at radius 1 is 0.968 bits per heavy atom. The fourth-order valence-corrected chi connectivity index (χ4v) is 4.18. The van der Waals surface area contributed by atoms with Crippen LogP contribution in [0.3, 0.4) is 0 Å². The molecule has 2 aromatic carbocycles. The molecule has 3 aromatic heterocycles. The first kappa shape index (κ1) is 19.1. The van der Waals surface area contributed by atoms with Crippen molar-refractivity contribution in [2.45, 2.75) is 26.8 Å². The molecular weight excluding hydrogens is 390 g/mol. The number of fused-ring (bicyclic) bond motifs is 3. The molecule has 0 N–H and O–H groups in total. The van der Waals surface area contributed by atoms with Gasteiger partial charge in [-0.05, 0) is 43.5 Å². The van der Waals surface area contributed by atoms with Crippen molar-refractivity contribution in [2.24, 2.45) is 7.05 Å². The van der Waals surface area contributed by atoms with Crippen molar-refractivity contribution in [1.29, 1.82) is 0 Å². The second-order valence-electron chi connectivity index (χ2n) is 7.93. The molecule has 156 valence electrons. The number of aromatic nitrogens is 5. The minimum Gasteiger partial charge on any atom is -0.283 e. The fourth-order valence-electron chi connectivity index (χ4n) is 4.18. The molecule has 0 saturated carbocycles. The lowest BCUT2D eigenvalue weighted by Crippen LogP contribution is -2.39. The smallest absolute Gasteiger partial charge is 0.283 e. The molecule has 0 aliphatic heterocycles. The number of nitrogens with zero attached hydrogens (tertiary/aromatic N) is 5. The van der Waals surface area contributed by atoms with Gasteiger partial charge in [0, 0.05) is 31.2 Å². The summed E-state index contributed by atoms with van der Waals surface area (Å²) in [6, 6.07) is 18.0. The highest BCUT2D eigenvalue weighted by Crippen LogP contribution is 2.21. The molecular formula is C24H23N5O2. The van der Waals surface area contributed by atoms with Gasteiger partial charge in [-0.25, -0.2) is 4.79 Å². The van der Waals surface area contributed by atoms with Crippen LogP contribution in [-0.2, 0) is 20.0 Å². The second-order valence-corrected chi connectivity index (χ2v) is 7.93. The molecule has 3 heterocycles. The van der Waals surface area contributed by atoms with Crippen LogP contribution in [0.25, 0.3) is 22.6 Å². The van der Waals surface area contributed by atoms with Crippen LogP contribution in [0.1, 0.15) is 16.8 Å². The summed E-state index contributed by atoms with van der Waals surface area (Å²) in [5.74, 6) is 0.617. The van der Waals surface area contributed by atoms with Crippen molar-refractivity contribution in [3.8, 4) is 5.69 Å². The number of benzene rings is 2. The lowest BCUT2D eigenvalue weighted by Gasteiger charge is -2.08. The summed E-state index contributed by atoms with van der Waals surface area (Å²) < 4.78 is 6.58. The van der Waals surface area contributed by atoms with E-state index in [9.17, 15) is 9.59 Å². The summed E-state index contributed by atoms with van der Waals surface area (Å²) in [6.07, 6.45) is 2.51. The van der Waals surface area contributed by atoms with Gasteiger partial charge < -0.3 is 0 Å². The molecule has 7 nitrogen and oxygen atoms in total. The van der Waals surface area contributed by atoms with Gasteiger partial charge in [0.1, 0.15) is 0 Å². The molecule has 7 heteroatoms. The van der Waals surface area contributed by atoms with E-state index in [0.29, 0.717) is 29.9 Å². The maximum atomic E-state index is 13.4. The van der Waals surface area contributed by atoms with Crippen LogP contribution in [0.15, 0.2) is 70.4 Å². The zero-order valence-electron chi connectivity index (χ0n) is 17.7. The highest BCUT2D eigenvalue weighted by atomic mass is 16.2. The van der Waals surface area contributed by atoms with E-state index in [2.05, 4.69) is 6.07 Å². The number of imidazole rings is 2. The van der Waals surface area contributed by atoms with Crippen LogP contribution in [-0.4, -0.2) is 23.1 Å². The van der Waals surface area contributed by atoms with Crippen molar-refractivity contribution in [3.05, 3.63) is 98.5 Å². The van der Waals surface area contributed by atoms with Gasteiger partial charge >= 0.3 is 5.69 Å². The standard InChI is InChI=1S/C24H23N5O2/c1-16-8-7-11-19(14-16)29-17(2)15-28-20-21(25-23(28)29)26(3)24(31)27(22(20)30)13-12-18-9-5-4-6-10-18/h4-11,14-15H,12-13H2,1-3H3. The monoisotopic (exact) mass is 413 g/mol. The molecule has 0 saturated heterocycles. The maximum absolute atomic E-state index is 13.4. The number of hydrogen-bond donors (Lipinski definition) is 0. The molecule has 0 spiro atoms. The molecule has 0 unspecified atom stereocenters. The van der Waals surface area contributed by atoms with Gasteiger partial charge in [0.05, 0.1) is 0 Å². The van der Waals surface area contributed by atoms with Gasteiger partial charge in [-0.15, -0.1) is 0 Å². The Bertz CT molecular complexity index is 1550. The summed E-state index contributed by atoms with van der Waals surface area (Å²) in [7, 11) is 1.67. The average Bonchev–Trinajstić information content (AvgIpc) is 3.27. The molecule has 0 fully saturated rings. The summed E-state index contributed by atoms with van der Waals surface area (Å²) in [6.45, 7) is 4.34. The first-order valence-corrected chi connectivity index (χ1v) is 10.3. The Labute approximate surface area is 178 Å². The Balaban J connectivity index is 1.72. The topological polar surface area (TPSA) is 66.2 Å². The lowest BCUT2D eigenvalue weighted by atomic mass is 10.1. The van der Waals surface area contributed by atoms with E-state index in [1.54, 1.807) is 11.4 Å². The van der Waals surface area contributed by atoms with Gasteiger partial charge in [-0.1, -0.05) is 42.5 Å². The molecule has 5 rings (SSSR count). The van der Waals surface area contributed by atoms with Crippen molar-refractivity contribution in [2.75, 3.05) is 0 Å². The Morgan fingerprint density at radius 2 is 1.74 bits per heavy atom. The zero-order valence-corrected chi connectivity index (χ0v) is 17.7. The molecule has 0 aliphatic carbocycles. The van der Waals surface area contributed by atoms with Gasteiger partial charge in [0.2, 0.25) is 5.78 Å². The summed E-state index contributed by atoms with van der Waals surface area (Å²) in [5, 5.41) is 0. The van der Waals surface area contributed by atoms with Crippen LogP contribution in [0.5, 0.6) is 0 Å². The predicted octanol–water partition coefficient (Wildman–Crippen LogP) is 3.00. The number of hydrogen-bond acceptors (Lipinski definition) is 3. The zero-order chi connectivity index (χ0) is 21.7. The molecule has 0 bridgehead atoms. The largest absolute Gasteiger partial charge is 0.332 e. The van der Waals surface area contributed by atoms with E-state index >= 15 is 0 Å². The highest BCUT2D eigenvalue weighted by Gasteiger charge is 2.20. The Hall–Kier alpha value is -3.87. The number of rotatable bonds is 4. The van der Waals surface area contributed by atoms with Gasteiger partial charge in [-0.2, -0.15) is 4.98 Å². The molecule has 0 aliphatic rings. The molecule has 0 radical (unpaired) electrons. The quantitative estimate of drug-likeness (QED) is 0.455. The van der Waals surface area contributed by atoms with Crippen molar-refractivity contribution in [1.82, 2.24) is 23.1 Å². The normalized spacial score (nSPS) is 11.6. The van der Waals surface area contributed by atoms with Crippen molar-refractivity contribution in [3.63, 3.8) is 0 Å². The lowest BCUT2D eigenvalue weighted by molar-refractivity contribution is 0.602. The van der Waals surface area contributed by atoms with Gasteiger partial charge in [-0.3, -0.25) is 22.9 Å². The van der Waals surface area contributed by atoms with E-state index < -0.39 is 0 Å². The molecule has 5 aromatic rings. The molecule has 0 amide bonds. The van der Waals surface area contributed by atoms with E-state index in [0.717, 1.165) is 22.5 Å². The molecule has 0 atom stereocenters. The van der Waals surface area contributed by atoms with E-state index in [-0.39, 0.29) is 11.2 Å². The van der Waals surface area contributed by atoms with Crippen LogP contribution in [0, 0.1) is 13.8 Å². The number of aryl methyl sites for hydroxylation is 4. The first-order chi connectivity index (χ1) is 15.0. The molecule has 31 heavy (non-hydrogen) atoms. The van der Waals surface area contributed by atoms with Crippen LogP contribution >= 0.6 is 0 Å². The average molecular weight is 413 g/mol. The predicted molar refractivity (Wildman–Crippen MR) is 121 cm³/mol. The minimum atomic E-state index is -0.354. The van der Waals surface area contributed by atoms with E-state index in [1.165, 1.54) is 9.13 Å². The van der Waals surface area contributed by atoms with Crippen LogP contribution in [0.4, 0.5) is 0 Å². The second kappa shape index (κ2) is 7.12. The van der Waals surface area contributed by atoms with Crippen LogP contribution in [0.2, 0.25) is 0 Å². The van der Waals surface area contributed by atoms with Crippen molar-refractivity contribution < 1.29 is 0 Å². The minimum absolute atomic E-state index is 0.316. The third-order valence-corrected chi connectivity index (χ3v) is 5.75. The fraction of sp³-hybridized carbons (Fsp3) is 0.208. The van der Waals surface area contributed by atoms with Crippen LogP contribution < -0.4 is 11.2 Å². The third kappa shape index (κ3) is 3.01. The Morgan fingerprint density at radius 3 is 2.48 bits per heavy atom. The SMILES string of the molecule is Cc1cccc(-n2c(C)cn3c4c(=O)n(CCc5ccccc5)c(=O)n(C)c4nc23)c1. The Kier molecular flexibility index (Phi) is 4.39. The van der Waals surface area contributed by atoms with Gasteiger partial charge in [0.15, 0.2) is 11.2 Å². The van der Waals surface area contributed by atoms with E-state index in [4.69, 9.17) is 4.98 Å². The summed E-state index contributed by atoms with van der Waals surface area (Å²) in [4.78, 5) is 31.0. The third-order valence-electron chi connectivity index (χ3n) is 5.75. The van der Waals surface area contributed by atoms with Crippen molar-refractivity contribution >= 4 is 16.9 Å². The highest BCUT2D eigenvalue weighted by molar-refractivity contribution is 5.76. The van der Waals surface area contributed by atoms with E-state index in [1.807, 2.05) is 73.1 Å².